The van der Waals surface area contributed by atoms with Crippen LogP contribution in [0, 0.1) is 11.3 Å². The summed E-state index contributed by atoms with van der Waals surface area (Å²) in [5, 5.41) is 5.08. The van der Waals surface area contributed by atoms with Crippen LogP contribution in [-0.2, 0) is 6.54 Å². The summed E-state index contributed by atoms with van der Waals surface area (Å²) in [6.45, 7) is 10.8. The van der Waals surface area contributed by atoms with Crippen LogP contribution in [0.1, 0.15) is 33.3 Å². The molecule has 2 aromatic rings. The zero-order valence-corrected chi connectivity index (χ0v) is 12.8. The van der Waals surface area contributed by atoms with Gasteiger partial charge in [-0.2, -0.15) is 0 Å². The van der Waals surface area contributed by atoms with Crippen molar-refractivity contribution in [2.75, 3.05) is 6.54 Å². The Balaban J connectivity index is 2.04. The van der Waals surface area contributed by atoms with Gasteiger partial charge in [-0.15, -0.1) is 0 Å². The summed E-state index contributed by atoms with van der Waals surface area (Å²) in [6, 6.07) is 7.97. The van der Waals surface area contributed by atoms with E-state index in [1.165, 1.54) is 0 Å². The SMILES string of the molecule is CC(CNCc1c(Cl)oc2ccccc12)C(C)(C)C. The van der Waals surface area contributed by atoms with E-state index in [4.69, 9.17) is 16.0 Å². The van der Waals surface area contributed by atoms with Gasteiger partial charge < -0.3 is 9.73 Å². The molecule has 1 heterocycles. The predicted molar refractivity (Wildman–Crippen MR) is 81.5 cm³/mol. The van der Waals surface area contributed by atoms with Crippen molar-refractivity contribution in [1.29, 1.82) is 0 Å². The van der Waals surface area contributed by atoms with E-state index >= 15 is 0 Å². The molecule has 1 aromatic heterocycles. The Hall–Kier alpha value is -0.990. The smallest absolute Gasteiger partial charge is 0.199 e. The predicted octanol–water partition coefficient (Wildman–Crippen LogP) is 4.86. The molecule has 0 radical (unpaired) electrons. The number of furan rings is 1. The van der Waals surface area contributed by atoms with E-state index in [1.807, 2.05) is 18.2 Å². The van der Waals surface area contributed by atoms with Gasteiger partial charge >= 0.3 is 0 Å². The van der Waals surface area contributed by atoms with Crippen LogP contribution in [0.2, 0.25) is 5.22 Å². The molecule has 0 saturated heterocycles. The van der Waals surface area contributed by atoms with Gasteiger partial charge in [-0.1, -0.05) is 45.9 Å². The van der Waals surface area contributed by atoms with Gasteiger partial charge in [0.1, 0.15) is 5.58 Å². The lowest BCUT2D eigenvalue weighted by Gasteiger charge is -2.27. The van der Waals surface area contributed by atoms with E-state index in [0.717, 1.165) is 29.6 Å². The molecule has 0 saturated carbocycles. The minimum Gasteiger partial charge on any atom is -0.444 e. The van der Waals surface area contributed by atoms with Gasteiger partial charge in [0, 0.05) is 17.5 Å². The number of halogens is 1. The fourth-order valence-corrected chi connectivity index (χ4v) is 2.21. The van der Waals surface area contributed by atoms with Crippen LogP contribution in [0.15, 0.2) is 28.7 Å². The van der Waals surface area contributed by atoms with Gasteiger partial charge in [0.05, 0.1) is 0 Å². The Morgan fingerprint density at radius 2 is 1.95 bits per heavy atom. The molecule has 0 spiro atoms. The number of para-hydroxylation sites is 1. The molecule has 3 heteroatoms. The van der Waals surface area contributed by atoms with Crippen molar-refractivity contribution in [2.24, 2.45) is 11.3 Å². The molecular formula is C16H22ClNO. The first-order valence-corrected chi connectivity index (χ1v) is 7.14. The summed E-state index contributed by atoms with van der Waals surface area (Å²) in [6.07, 6.45) is 0. The third-order valence-electron chi connectivity index (χ3n) is 3.88. The number of hydrogen-bond donors (Lipinski definition) is 1. The minimum atomic E-state index is 0.315. The van der Waals surface area contributed by atoms with Gasteiger partial charge in [-0.3, -0.25) is 0 Å². The monoisotopic (exact) mass is 279 g/mol. The molecule has 0 fully saturated rings. The van der Waals surface area contributed by atoms with Crippen LogP contribution in [0.25, 0.3) is 11.0 Å². The molecule has 1 unspecified atom stereocenters. The average molecular weight is 280 g/mol. The topological polar surface area (TPSA) is 25.2 Å². The van der Waals surface area contributed by atoms with E-state index in [9.17, 15) is 0 Å². The third kappa shape index (κ3) is 3.31. The zero-order valence-electron chi connectivity index (χ0n) is 12.1. The summed E-state index contributed by atoms with van der Waals surface area (Å²) in [4.78, 5) is 0. The first-order chi connectivity index (χ1) is 8.89. The summed E-state index contributed by atoms with van der Waals surface area (Å²) >= 11 is 6.17. The second kappa shape index (κ2) is 5.56. The standard InChI is InChI=1S/C16H22ClNO/c1-11(16(2,3)4)9-18-10-13-12-7-5-6-8-14(12)19-15(13)17/h5-8,11,18H,9-10H2,1-4H3. The Kier molecular flexibility index (Phi) is 4.22. The number of fused-ring (bicyclic) bond motifs is 1. The van der Waals surface area contributed by atoms with E-state index in [-0.39, 0.29) is 0 Å². The van der Waals surface area contributed by atoms with Crippen LogP contribution in [-0.4, -0.2) is 6.54 Å². The third-order valence-corrected chi connectivity index (χ3v) is 4.18. The van der Waals surface area contributed by atoms with Crippen molar-refractivity contribution in [3.63, 3.8) is 0 Å². The summed E-state index contributed by atoms with van der Waals surface area (Å²) in [5.41, 5.74) is 2.22. The van der Waals surface area contributed by atoms with Crippen molar-refractivity contribution in [1.82, 2.24) is 5.32 Å². The van der Waals surface area contributed by atoms with Crippen LogP contribution in [0.5, 0.6) is 0 Å². The lowest BCUT2D eigenvalue weighted by Crippen LogP contribution is -2.29. The highest BCUT2D eigenvalue weighted by Crippen LogP contribution is 2.30. The van der Waals surface area contributed by atoms with E-state index in [1.54, 1.807) is 0 Å². The maximum Gasteiger partial charge on any atom is 0.199 e. The summed E-state index contributed by atoms with van der Waals surface area (Å²) in [5.74, 6) is 0.601. The molecule has 0 aliphatic carbocycles. The fourth-order valence-electron chi connectivity index (χ4n) is 1.95. The van der Waals surface area contributed by atoms with E-state index in [0.29, 0.717) is 16.6 Å². The maximum atomic E-state index is 6.17. The molecule has 1 N–H and O–H groups in total. The highest BCUT2D eigenvalue weighted by Gasteiger charge is 2.20. The maximum absolute atomic E-state index is 6.17. The van der Waals surface area contributed by atoms with Crippen molar-refractivity contribution >= 4 is 22.6 Å². The number of benzene rings is 1. The van der Waals surface area contributed by atoms with Crippen molar-refractivity contribution in [3.05, 3.63) is 35.0 Å². The number of rotatable bonds is 4. The van der Waals surface area contributed by atoms with Crippen LogP contribution in [0.4, 0.5) is 0 Å². The highest BCUT2D eigenvalue weighted by molar-refractivity contribution is 6.30. The Labute approximate surface area is 120 Å². The molecule has 2 nitrogen and oxygen atoms in total. The molecule has 2 rings (SSSR count). The van der Waals surface area contributed by atoms with Gasteiger partial charge in [-0.05, 0) is 35.5 Å². The molecule has 0 amide bonds. The summed E-state index contributed by atoms with van der Waals surface area (Å²) < 4.78 is 5.55. The van der Waals surface area contributed by atoms with Gasteiger partial charge in [0.15, 0.2) is 5.22 Å². The van der Waals surface area contributed by atoms with Crippen molar-refractivity contribution < 1.29 is 4.42 Å². The van der Waals surface area contributed by atoms with Crippen LogP contribution in [0.3, 0.4) is 0 Å². The Morgan fingerprint density at radius 1 is 1.26 bits per heavy atom. The fraction of sp³-hybridized carbons (Fsp3) is 0.500. The van der Waals surface area contributed by atoms with Gasteiger partial charge in [0.2, 0.25) is 0 Å². The zero-order chi connectivity index (χ0) is 14.0. The number of nitrogens with one attached hydrogen (secondary N) is 1. The average Bonchev–Trinajstić information content (AvgIpc) is 2.64. The molecule has 0 aliphatic heterocycles. The van der Waals surface area contributed by atoms with Gasteiger partial charge in [-0.25, -0.2) is 0 Å². The molecule has 19 heavy (non-hydrogen) atoms. The summed E-state index contributed by atoms with van der Waals surface area (Å²) in [7, 11) is 0. The largest absolute Gasteiger partial charge is 0.444 e. The Bertz CT molecular complexity index is 553. The van der Waals surface area contributed by atoms with E-state index < -0.39 is 0 Å². The lowest BCUT2D eigenvalue weighted by molar-refractivity contribution is 0.252. The van der Waals surface area contributed by atoms with Gasteiger partial charge in [0.25, 0.3) is 0 Å². The lowest BCUT2D eigenvalue weighted by atomic mass is 9.82. The van der Waals surface area contributed by atoms with Crippen LogP contribution >= 0.6 is 11.6 Å². The first kappa shape index (κ1) is 14.4. The van der Waals surface area contributed by atoms with Crippen molar-refractivity contribution in [3.8, 4) is 0 Å². The molecule has 1 aromatic carbocycles. The molecule has 0 bridgehead atoms. The molecule has 0 aliphatic rings. The first-order valence-electron chi connectivity index (χ1n) is 6.76. The molecule has 104 valence electrons. The quantitative estimate of drug-likeness (QED) is 0.865. The van der Waals surface area contributed by atoms with Crippen LogP contribution < -0.4 is 5.32 Å². The highest BCUT2D eigenvalue weighted by atomic mass is 35.5. The number of hydrogen-bond acceptors (Lipinski definition) is 2. The normalized spacial score (nSPS) is 13.9. The second-order valence-electron chi connectivity index (χ2n) is 6.25. The van der Waals surface area contributed by atoms with Crippen molar-refractivity contribution in [2.45, 2.75) is 34.2 Å². The Morgan fingerprint density at radius 3 is 2.63 bits per heavy atom. The minimum absolute atomic E-state index is 0.315. The molecular weight excluding hydrogens is 258 g/mol. The molecule has 1 atom stereocenters. The second-order valence-corrected chi connectivity index (χ2v) is 6.59. The van der Waals surface area contributed by atoms with E-state index in [2.05, 4.69) is 39.1 Å².